The lowest BCUT2D eigenvalue weighted by atomic mass is 10.2. The maximum Gasteiger partial charge on any atom is 0.262 e. The third-order valence-corrected chi connectivity index (χ3v) is 5.13. The van der Waals surface area contributed by atoms with Gasteiger partial charge >= 0.3 is 0 Å². The lowest BCUT2D eigenvalue weighted by Gasteiger charge is -2.13. The Morgan fingerprint density at radius 1 is 0.885 bits per heavy atom. The van der Waals surface area contributed by atoms with Crippen LogP contribution in [0.5, 0.6) is 0 Å². The van der Waals surface area contributed by atoms with Gasteiger partial charge in [-0.2, -0.15) is 0 Å². The van der Waals surface area contributed by atoms with Gasteiger partial charge in [-0.05, 0) is 29.8 Å². The molecule has 4 nitrogen and oxygen atoms in total. The molecule has 0 atom stereocenters. The minimum atomic E-state index is -0.0307. The minimum Gasteiger partial charge on any atom is -0.281 e. The number of hydrogen-bond donors (Lipinski definition) is 0. The Kier molecular flexibility index (Phi) is 4.80. The molecule has 0 saturated carbocycles. The summed E-state index contributed by atoms with van der Waals surface area (Å²) in [6, 6.07) is 23.4. The summed E-state index contributed by atoms with van der Waals surface area (Å²) in [6.07, 6.45) is 1.74. The van der Waals surface area contributed by atoms with E-state index in [1.807, 2.05) is 60.7 Å². The second-order valence-corrected chi connectivity index (χ2v) is 6.84. The molecule has 0 aliphatic carbocycles. The lowest BCUT2D eigenvalue weighted by molar-refractivity contribution is 0.646. The number of fused-ring (bicyclic) bond motifs is 1. The number of hydrogen-bond acceptors (Lipinski definition) is 4. The van der Waals surface area contributed by atoms with Crippen LogP contribution >= 0.6 is 11.8 Å². The average molecular weight is 359 g/mol. The van der Waals surface area contributed by atoms with E-state index in [2.05, 4.69) is 17.1 Å². The van der Waals surface area contributed by atoms with Gasteiger partial charge in [0.2, 0.25) is 0 Å². The van der Waals surface area contributed by atoms with Crippen molar-refractivity contribution in [2.45, 2.75) is 17.5 Å². The van der Waals surface area contributed by atoms with Crippen molar-refractivity contribution in [3.8, 4) is 0 Å². The molecule has 0 aliphatic rings. The number of pyridine rings is 1. The quantitative estimate of drug-likeness (QED) is 0.397. The zero-order valence-corrected chi connectivity index (χ0v) is 14.9. The summed E-state index contributed by atoms with van der Waals surface area (Å²) >= 11 is 1.57. The third-order valence-electron chi connectivity index (χ3n) is 4.08. The fourth-order valence-electron chi connectivity index (χ4n) is 2.77. The number of nitrogens with zero attached hydrogens (tertiary/aromatic N) is 3. The lowest BCUT2D eigenvalue weighted by Crippen LogP contribution is -2.24. The molecule has 0 bridgehead atoms. The van der Waals surface area contributed by atoms with Crippen molar-refractivity contribution in [2.75, 3.05) is 0 Å². The summed E-state index contributed by atoms with van der Waals surface area (Å²) in [4.78, 5) is 22.2. The van der Waals surface area contributed by atoms with Crippen molar-refractivity contribution in [3.05, 3.63) is 101 Å². The first-order valence-electron chi connectivity index (χ1n) is 8.37. The summed E-state index contributed by atoms with van der Waals surface area (Å²) in [7, 11) is 0. The Morgan fingerprint density at radius 2 is 1.65 bits per heavy atom. The van der Waals surface area contributed by atoms with Crippen LogP contribution in [-0.4, -0.2) is 14.5 Å². The predicted octanol–water partition coefficient (Wildman–Crippen LogP) is 4.13. The van der Waals surface area contributed by atoms with E-state index in [9.17, 15) is 4.79 Å². The van der Waals surface area contributed by atoms with E-state index in [1.54, 1.807) is 22.5 Å². The van der Waals surface area contributed by atoms with Crippen molar-refractivity contribution < 1.29 is 0 Å². The molecule has 0 N–H and O–H groups in total. The highest BCUT2D eigenvalue weighted by Crippen LogP contribution is 2.22. The van der Waals surface area contributed by atoms with Gasteiger partial charge in [0.25, 0.3) is 5.56 Å². The van der Waals surface area contributed by atoms with Crippen molar-refractivity contribution in [1.82, 2.24) is 14.5 Å². The summed E-state index contributed by atoms with van der Waals surface area (Å²) in [6.45, 7) is 0.411. The van der Waals surface area contributed by atoms with Crippen LogP contribution < -0.4 is 5.56 Å². The molecule has 0 unspecified atom stereocenters. The van der Waals surface area contributed by atoms with Gasteiger partial charge in [0.05, 0.1) is 23.1 Å². The predicted molar refractivity (Wildman–Crippen MR) is 105 cm³/mol. The average Bonchev–Trinajstić information content (AvgIpc) is 2.70. The topological polar surface area (TPSA) is 47.8 Å². The van der Waals surface area contributed by atoms with Crippen molar-refractivity contribution in [2.24, 2.45) is 0 Å². The molecular weight excluding hydrogens is 342 g/mol. The molecule has 5 heteroatoms. The summed E-state index contributed by atoms with van der Waals surface area (Å²) in [5.41, 5.74) is 2.74. The first-order chi connectivity index (χ1) is 12.8. The van der Waals surface area contributed by atoms with E-state index >= 15 is 0 Å². The molecule has 4 rings (SSSR count). The molecule has 0 amide bonds. The third kappa shape index (κ3) is 3.53. The van der Waals surface area contributed by atoms with Gasteiger partial charge < -0.3 is 0 Å². The van der Waals surface area contributed by atoms with Gasteiger partial charge in [-0.3, -0.25) is 14.3 Å². The van der Waals surface area contributed by atoms with E-state index in [1.165, 1.54) is 5.56 Å². The van der Waals surface area contributed by atoms with Crippen LogP contribution in [-0.2, 0) is 12.3 Å². The van der Waals surface area contributed by atoms with Crippen LogP contribution in [0, 0.1) is 0 Å². The number of aromatic nitrogens is 3. The standard InChI is InChI=1S/C21H17N3OS/c25-20-18-11-4-5-12-19(18)23-21(26-15-16-8-2-1-3-9-16)24(20)14-17-10-6-7-13-22-17/h1-13H,14-15H2. The fourth-order valence-corrected chi connectivity index (χ4v) is 3.73. The highest BCUT2D eigenvalue weighted by Gasteiger charge is 2.12. The molecule has 2 heterocycles. The monoisotopic (exact) mass is 359 g/mol. The summed E-state index contributed by atoms with van der Waals surface area (Å²) in [5, 5.41) is 1.34. The van der Waals surface area contributed by atoms with Crippen molar-refractivity contribution in [1.29, 1.82) is 0 Å². The second kappa shape index (κ2) is 7.54. The first kappa shape index (κ1) is 16.5. The summed E-state index contributed by atoms with van der Waals surface area (Å²) in [5.74, 6) is 0.758. The maximum absolute atomic E-state index is 13.0. The molecule has 26 heavy (non-hydrogen) atoms. The van der Waals surface area contributed by atoms with Crippen molar-refractivity contribution >= 4 is 22.7 Å². The minimum absolute atomic E-state index is 0.0307. The molecule has 4 aromatic rings. The Bertz CT molecular complexity index is 1080. The van der Waals surface area contributed by atoms with Gasteiger partial charge in [0.1, 0.15) is 0 Å². The van der Waals surface area contributed by atoms with Gasteiger partial charge in [-0.15, -0.1) is 0 Å². The molecule has 0 fully saturated rings. The smallest absolute Gasteiger partial charge is 0.262 e. The first-order valence-corrected chi connectivity index (χ1v) is 9.36. The zero-order chi connectivity index (χ0) is 17.8. The van der Waals surface area contributed by atoms with Crippen molar-refractivity contribution in [3.63, 3.8) is 0 Å². The fraction of sp³-hybridized carbons (Fsp3) is 0.0952. The van der Waals surface area contributed by atoms with E-state index in [0.29, 0.717) is 17.1 Å². The molecule has 0 aliphatic heterocycles. The highest BCUT2D eigenvalue weighted by atomic mass is 32.2. The highest BCUT2D eigenvalue weighted by molar-refractivity contribution is 7.98. The Hall–Kier alpha value is -2.92. The molecule has 2 aromatic heterocycles. The Balaban J connectivity index is 1.76. The molecule has 2 aromatic carbocycles. The molecule has 0 radical (unpaired) electrons. The number of para-hydroxylation sites is 1. The summed E-state index contributed by atoms with van der Waals surface area (Å²) < 4.78 is 1.72. The molecule has 0 spiro atoms. The van der Waals surface area contributed by atoms with Crippen LogP contribution in [0.4, 0.5) is 0 Å². The number of rotatable bonds is 5. The van der Waals surface area contributed by atoms with Gasteiger partial charge in [0, 0.05) is 11.9 Å². The van der Waals surface area contributed by atoms with Gasteiger partial charge in [-0.25, -0.2) is 4.98 Å². The van der Waals surface area contributed by atoms with Crippen LogP contribution in [0.25, 0.3) is 10.9 Å². The van der Waals surface area contributed by atoms with E-state index in [4.69, 9.17) is 4.98 Å². The van der Waals surface area contributed by atoms with E-state index < -0.39 is 0 Å². The van der Waals surface area contributed by atoms with Crippen LogP contribution in [0.3, 0.4) is 0 Å². The van der Waals surface area contributed by atoms with E-state index in [0.717, 1.165) is 17.0 Å². The van der Waals surface area contributed by atoms with E-state index in [-0.39, 0.29) is 5.56 Å². The second-order valence-electron chi connectivity index (χ2n) is 5.90. The van der Waals surface area contributed by atoms with Crippen LogP contribution in [0.1, 0.15) is 11.3 Å². The van der Waals surface area contributed by atoms with Crippen LogP contribution in [0.2, 0.25) is 0 Å². The number of thioether (sulfide) groups is 1. The van der Waals surface area contributed by atoms with Gasteiger partial charge in [-0.1, -0.05) is 60.3 Å². The van der Waals surface area contributed by atoms with Crippen LogP contribution in [0.15, 0.2) is 88.9 Å². The zero-order valence-electron chi connectivity index (χ0n) is 14.1. The molecule has 128 valence electrons. The Morgan fingerprint density at radius 3 is 2.46 bits per heavy atom. The largest absolute Gasteiger partial charge is 0.281 e. The maximum atomic E-state index is 13.0. The molecular formula is C21H17N3OS. The number of benzene rings is 2. The Labute approximate surface area is 155 Å². The SMILES string of the molecule is O=c1c2ccccc2nc(SCc2ccccc2)n1Cc1ccccn1. The molecule has 0 saturated heterocycles. The normalized spacial score (nSPS) is 10.9. The van der Waals surface area contributed by atoms with Gasteiger partial charge in [0.15, 0.2) is 5.16 Å².